The van der Waals surface area contributed by atoms with Gasteiger partial charge in [0.1, 0.15) is 42.7 Å². The van der Waals surface area contributed by atoms with Crippen molar-refractivity contribution in [1.29, 1.82) is 0 Å². The number of hydrogen-bond donors (Lipinski definition) is 7. The Balaban J connectivity index is 1.35. The highest BCUT2D eigenvalue weighted by atomic mass is 32.1. The Bertz CT molecular complexity index is 2280. The molecule has 3 fully saturated rings. The van der Waals surface area contributed by atoms with Gasteiger partial charge in [0.05, 0.1) is 65.8 Å². The summed E-state index contributed by atoms with van der Waals surface area (Å²) < 4.78 is 55.8. The lowest BCUT2D eigenvalue weighted by molar-refractivity contribution is -0.340. The van der Waals surface area contributed by atoms with Gasteiger partial charge in [-0.05, 0) is 91.6 Å². The van der Waals surface area contributed by atoms with Crippen molar-refractivity contribution in [1.82, 2.24) is 10.2 Å². The lowest BCUT2D eigenvalue weighted by atomic mass is 9.80. The van der Waals surface area contributed by atoms with Crippen LogP contribution in [0.25, 0.3) is 0 Å². The van der Waals surface area contributed by atoms with E-state index in [0.29, 0.717) is 29.8 Å². The molecule has 0 spiro atoms. The van der Waals surface area contributed by atoms with Gasteiger partial charge >= 0.3 is 5.97 Å². The molecule has 20 nitrogen and oxygen atoms in total. The fourth-order valence-corrected chi connectivity index (χ4v) is 12.7. The van der Waals surface area contributed by atoms with E-state index in [0.717, 1.165) is 16.2 Å². The summed E-state index contributed by atoms with van der Waals surface area (Å²) in [6.45, 7) is 14.1. The molecular weight excluding hydrogens is 1040 g/mol. The number of likely N-dealkylation sites (N-methyl/N-ethyl adjacent to an activating group) is 1. The van der Waals surface area contributed by atoms with E-state index in [1.54, 1.807) is 77.1 Å². The first-order valence-electron chi connectivity index (χ1n) is 26.7. The molecule has 3 saturated heterocycles. The lowest BCUT2D eigenvalue weighted by Gasteiger charge is -2.50. The number of amides is 1. The number of rotatable bonds is 16. The van der Waals surface area contributed by atoms with Crippen LogP contribution in [-0.2, 0) is 58.6 Å². The monoisotopic (exact) mass is 1120 g/mol. The van der Waals surface area contributed by atoms with E-state index >= 15 is 0 Å². The molecule has 2 aromatic heterocycles. The number of carbonyl (C=O) groups excluding carboxylic acids is 3. The van der Waals surface area contributed by atoms with E-state index in [-0.39, 0.29) is 35.8 Å². The van der Waals surface area contributed by atoms with Crippen molar-refractivity contribution in [3.63, 3.8) is 0 Å². The molecule has 4 aliphatic heterocycles. The van der Waals surface area contributed by atoms with Crippen LogP contribution in [0.4, 0.5) is 5.00 Å². The van der Waals surface area contributed by atoms with Crippen LogP contribution >= 0.6 is 22.7 Å². The van der Waals surface area contributed by atoms with Gasteiger partial charge in [0, 0.05) is 60.6 Å². The molecule has 8 N–H and O–H groups in total. The molecule has 22 heteroatoms. The Morgan fingerprint density at radius 3 is 2.26 bits per heavy atom. The lowest BCUT2D eigenvalue weighted by Crippen LogP contribution is -2.65. The largest absolute Gasteiger partial charge is 0.462 e. The van der Waals surface area contributed by atoms with E-state index in [2.05, 4.69) is 5.32 Å². The van der Waals surface area contributed by atoms with Gasteiger partial charge in [-0.2, -0.15) is 0 Å². The predicted octanol–water partition coefficient (Wildman–Crippen LogP) is 4.09. The third kappa shape index (κ3) is 15.6. The van der Waals surface area contributed by atoms with E-state index in [9.17, 15) is 39.9 Å². The summed E-state index contributed by atoms with van der Waals surface area (Å²) in [7, 11) is 6.46. The van der Waals surface area contributed by atoms with Crippen LogP contribution < -0.4 is 11.1 Å². The molecule has 0 aromatic carbocycles. The summed E-state index contributed by atoms with van der Waals surface area (Å²) in [6, 6.07) is 4.82. The first-order chi connectivity index (χ1) is 36.4. The molecule has 0 saturated carbocycles. The van der Waals surface area contributed by atoms with Gasteiger partial charge in [0.25, 0.3) is 5.91 Å². The molecule has 0 bridgehead atoms. The summed E-state index contributed by atoms with van der Waals surface area (Å²) in [5.74, 6) is -4.34. The number of nitrogens with one attached hydrogen (secondary N) is 1. The second-order valence-electron chi connectivity index (χ2n) is 21.7. The number of esters is 1. The van der Waals surface area contributed by atoms with Crippen molar-refractivity contribution in [2.24, 2.45) is 17.8 Å². The maximum absolute atomic E-state index is 14.4. The maximum Gasteiger partial charge on any atom is 0.308 e. The number of aliphatic hydroxyl groups excluding tert-OH is 4. The highest BCUT2D eigenvalue weighted by molar-refractivity contribution is 7.16. The second kappa shape index (κ2) is 27.9. The number of ether oxygens (including phenoxy) is 9. The Hall–Kier alpha value is -3.27. The quantitative estimate of drug-likeness (QED) is 0.117. The van der Waals surface area contributed by atoms with Crippen LogP contribution in [0.1, 0.15) is 107 Å². The molecule has 434 valence electrons. The fraction of sp³-hybridized carbons (Fsp3) is 0.727. The first-order valence-corrected chi connectivity index (χ1v) is 28.4. The smallest absolute Gasteiger partial charge is 0.308 e. The highest BCUT2D eigenvalue weighted by Gasteiger charge is 2.52. The van der Waals surface area contributed by atoms with Crippen LogP contribution in [0.2, 0.25) is 0 Å². The van der Waals surface area contributed by atoms with Gasteiger partial charge in [-0.15, -0.1) is 22.7 Å². The van der Waals surface area contributed by atoms with Crippen molar-refractivity contribution in [2.75, 3.05) is 47.2 Å². The number of methoxy groups -OCH3 is 2. The van der Waals surface area contributed by atoms with Gasteiger partial charge in [0.2, 0.25) is 0 Å². The van der Waals surface area contributed by atoms with E-state index < -0.39 is 146 Å². The minimum atomic E-state index is -1.52. The van der Waals surface area contributed by atoms with E-state index in [4.69, 9.17) is 48.4 Å². The number of ketones is 1. The Labute approximate surface area is 461 Å². The Kier molecular flexibility index (Phi) is 22.8. The summed E-state index contributed by atoms with van der Waals surface area (Å²) >= 11 is 2.74. The molecule has 2 aromatic rings. The SMILES string of the molecule is CC[C@H]1OC(=O)C[C@@H](O)[C@H](C)[C@@H](O[C@@H]2O[C@H](C)[C@@H](O[C@H]3C[C@@](C)(O)[C@@H](O)[C@H](C)O3)[C@H](N(C)C)[C@H]2O)C(c2cc(C(=O)NCCc3cccs3)c(N)s2)C[C@@H](C)C(=O)/C=C/C(C)=C/[C@@H]1CO[C@@H]1O[C@H](C)[C@@H](O)[C@@H](OC)[C@H]1OC. The molecule has 6 rings (SSSR count). The molecular formula is C55H85N3O17S2. The molecule has 77 heavy (non-hydrogen) atoms. The maximum atomic E-state index is 14.4. The van der Waals surface area contributed by atoms with Gasteiger partial charge in [-0.3, -0.25) is 14.4 Å². The number of cyclic esters (lactones) is 1. The van der Waals surface area contributed by atoms with Gasteiger partial charge in [-0.25, -0.2) is 0 Å². The van der Waals surface area contributed by atoms with E-state index in [1.165, 1.54) is 27.2 Å². The summed E-state index contributed by atoms with van der Waals surface area (Å²) in [6.07, 6.45) is -9.23. The zero-order valence-corrected chi connectivity index (χ0v) is 48.1. The molecule has 4 aliphatic rings. The molecule has 1 amide bonds. The topological polar surface area (TPSA) is 277 Å². The van der Waals surface area contributed by atoms with Crippen LogP contribution in [0, 0.1) is 17.8 Å². The molecule has 21 atom stereocenters. The number of nitrogens with zero attached hydrogens (tertiary/aromatic N) is 1. The van der Waals surface area contributed by atoms with Gasteiger partial charge in [0.15, 0.2) is 24.7 Å². The van der Waals surface area contributed by atoms with Gasteiger partial charge < -0.3 is 84.1 Å². The minimum Gasteiger partial charge on any atom is -0.462 e. The molecule has 6 heterocycles. The summed E-state index contributed by atoms with van der Waals surface area (Å²) in [5, 5.41) is 62.3. The minimum absolute atomic E-state index is 0.0288. The standard InChI is InChI=1S/C55H85N3O17S2/c1-13-39-33(26-69-54-49(68-12)48(67-11)44(62)30(5)71-54)21-27(2)16-17-37(59)28(3)22-35(40-23-36(51(56)77-40)52(65)57-19-18-34-15-14-20-76-34)46(29(4)38(60)24-41(61)73-39)75-53-45(63)43(58(9)10)47(31(6)72-53)74-42-25-55(8,66)50(64)32(7)70-42/h14-17,20-21,23,28-33,35,38-39,42-50,53-54,60,62-64,66H,13,18-19,22,24-26,56H2,1-12H3,(H,57,65)/b17-16+,27-21+/t28-,29+,30-,31-,32+,33-,35?,38-,39-,42+,43-,44-,45-,46-,47-,48-,49-,50+,53+,54-,55-/m1/s1. The van der Waals surface area contributed by atoms with Crippen LogP contribution in [0.15, 0.2) is 47.4 Å². The van der Waals surface area contributed by atoms with Crippen LogP contribution in [-0.4, -0.2) is 193 Å². The average molecular weight is 1120 g/mol. The third-order valence-corrected chi connectivity index (χ3v) is 17.6. The van der Waals surface area contributed by atoms with Crippen molar-refractivity contribution >= 4 is 45.3 Å². The number of thiophene rings is 2. The number of hydrogen-bond acceptors (Lipinski definition) is 21. The predicted molar refractivity (Wildman–Crippen MR) is 288 cm³/mol. The van der Waals surface area contributed by atoms with Gasteiger partial charge in [-0.1, -0.05) is 44.6 Å². The molecule has 0 aliphatic carbocycles. The van der Waals surface area contributed by atoms with Crippen LogP contribution in [0.3, 0.4) is 0 Å². The van der Waals surface area contributed by atoms with Crippen molar-refractivity contribution in [3.05, 3.63) is 62.7 Å². The highest BCUT2D eigenvalue weighted by Crippen LogP contribution is 2.43. The van der Waals surface area contributed by atoms with Crippen molar-refractivity contribution in [3.8, 4) is 0 Å². The number of allylic oxidation sites excluding steroid dienone is 3. The summed E-state index contributed by atoms with van der Waals surface area (Å²) in [5.41, 5.74) is 6.03. The number of nitrogens with two attached hydrogens (primary N) is 1. The number of carbonyl (C=O) groups is 3. The summed E-state index contributed by atoms with van der Waals surface area (Å²) in [4.78, 5) is 45.8. The number of nitrogen functional groups attached to an aromatic ring is 1. The Morgan fingerprint density at radius 1 is 0.922 bits per heavy atom. The second-order valence-corrected chi connectivity index (χ2v) is 23.8. The number of anilines is 1. The molecule has 0 radical (unpaired) electrons. The van der Waals surface area contributed by atoms with E-state index in [1.807, 2.05) is 37.4 Å². The zero-order chi connectivity index (χ0) is 56.6. The number of aliphatic hydroxyl groups is 5. The van der Waals surface area contributed by atoms with Crippen LogP contribution in [0.5, 0.6) is 0 Å². The first kappa shape index (κ1) is 62.9. The van der Waals surface area contributed by atoms with Crippen molar-refractivity contribution < 1.29 is 82.5 Å². The third-order valence-electron chi connectivity index (χ3n) is 15.5. The van der Waals surface area contributed by atoms with Crippen molar-refractivity contribution in [2.45, 2.75) is 197 Å². The average Bonchev–Trinajstić information content (AvgIpc) is 4.05. The molecule has 1 unspecified atom stereocenters. The fourth-order valence-electron chi connectivity index (χ4n) is 10.9. The Morgan fingerprint density at radius 2 is 1.62 bits per heavy atom. The normalized spacial score (nSPS) is 40.2. The zero-order valence-electron chi connectivity index (χ0n) is 46.5.